The Balaban J connectivity index is 1.67. The van der Waals surface area contributed by atoms with E-state index in [0.717, 1.165) is 11.4 Å². The lowest BCUT2D eigenvalue weighted by molar-refractivity contribution is 0.102. The highest BCUT2D eigenvalue weighted by Crippen LogP contribution is 2.18. The topological polar surface area (TPSA) is 54.0 Å². The normalized spacial score (nSPS) is 10.2. The summed E-state index contributed by atoms with van der Waals surface area (Å²) in [6, 6.07) is 18.5. The molecule has 1 aromatic heterocycles. The van der Waals surface area contributed by atoms with Gasteiger partial charge in [0.15, 0.2) is 0 Å². The molecule has 0 saturated carbocycles. The Morgan fingerprint density at radius 2 is 1.71 bits per heavy atom. The number of rotatable bonds is 4. The Labute approximate surface area is 145 Å². The lowest BCUT2D eigenvalue weighted by atomic mass is 10.2. The molecule has 0 atom stereocenters. The quantitative estimate of drug-likeness (QED) is 0.701. The number of aromatic nitrogens is 1. The van der Waals surface area contributed by atoms with Crippen molar-refractivity contribution in [3.63, 3.8) is 0 Å². The molecular formula is C19H16ClN3O. The third-order valence-corrected chi connectivity index (χ3v) is 3.65. The molecule has 5 heteroatoms. The van der Waals surface area contributed by atoms with E-state index in [2.05, 4.69) is 15.6 Å². The molecule has 0 spiro atoms. The molecule has 0 aliphatic heterocycles. The molecule has 1 heterocycles. The van der Waals surface area contributed by atoms with Crippen molar-refractivity contribution < 1.29 is 4.79 Å². The van der Waals surface area contributed by atoms with Crippen LogP contribution in [0.4, 0.5) is 17.1 Å². The molecule has 0 unspecified atom stereocenters. The van der Waals surface area contributed by atoms with Crippen LogP contribution >= 0.6 is 11.6 Å². The molecule has 3 rings (SSSR count). The number of anilines is 3. The molecule has 1 amide bonds. The van der Waals surface area contributed by atoms with Gasteiger partial charge in [-0.25, -0.2) is 4.98 Å². The van der Waals surface area contributed by atoms with Crippen molar-refractivity contribution in [2.24, 2.45) is 0 Å². The van der Waals surface area contributed by atoms with E-state index in [9.17, 15) is 4.79 Å². The largest absolute Gasteiger partial charge is 0.354 e. The lowest BCUT2D eigenvalue weighted by Gasteiger charge is -2.08. The Morgan fingerprint density at radius 1 is 0.958 bits per heavy atom. The van der Waals surface area contributed by atoms with Gasteiger partial charge in [0.1, 0.15) is 5.69 Å². The predicted molar refractivity (Wildman–Crippen MR) is 98.1 cm³/mol. The van der Waals surface area contributed by atoms with Gasteiger partial charge in [0.05, 0.1) is 11.9 Å². The number of hydrogen-bond acceptors (Lipinski definition) is 3. The highest BCUT2D eigenvalue weighted by Gasteiger charge is 2.08. The van der Waals surface area contributed by atoms with E-state index >= 15 is 0 Å². The summed E-state index contributed by atoms with van der Waals surface area (Å²) in [6.07, 6.45) is 1.63. The average Bonchev–Trinajstić information content (AvgIpc) is 2.57. The maximum Gasteiger partial charge on any atom is 0.274 e. The smallest absolute Gasteiger partial charge is 0.274 e. The first kappa shape index (κ1) is 16.0. The number of nitrogens with one attached hydrogen (secondary N) is 2. The van der Waals surface area contributed by atoms with Crippen LogP contribution < -0.4 is 10.6 Å². The molecule has 0 bridgehead atoms. The van der Waals surface area contributed by atoms with Gasteiger partial charge in [0, 0.05) is 16.4 Å². The van der Waals surface area contributed by atoms with Crippen LogP contribution in [0, 0.1) is 6.92 Å². The maximum absolute atomic E-state index is 12.2. The van der Waals surface area contributed by atoms with Gasteiger partial charge in [-0.3, -0.25) is 4.79 Å². The third kappa shape index (κ3) is 4.12. The molecule has 0 radical (unpaired) electrons. The van der Waals surface area contributed by atoms with Crippen molar-refractivity contribution in [3.8, 4) is 0 Å². The summed E-state index contributed by atoms with van der Waals surface area (Å²) in [5.74, 6) is -0.279. The minimum absolute atomic E-state index is 0.279. The number of carbonyl (C=O) groups excluding carboxylic acids is 1. The van der Waals surface area contributed by atoms with Crippen LogP contribution in [-0.2, 0) is 0 Å². The zero-order valence-corrected chi connectivity index (χ0v) is 13.8. The fraction of sp³-hybridized carbons (Fsp3) is 0.0526. The molecule has 0 aliphatic carbocycles. The van der Waals surface area contributed by atoms with Crippen LogP contribution in [0.25, 0.3) is 0 Å². The van der Waals surface area contributed by atoms with E-state index in [1.807, 2.05) is 37.3 Å². The zero-order chi connectivity index (χ0) is 16.9. The van der Waals surface area contributed by atoms with E-state index in [1.165, 1.54) is 5.56 Å². The first-order valence-electron chi connectivity index (χ1n) is 7.47. The Kier molecular flexibility index (Phi) is 4.77. The van der Waals surface area contributed by atoms with Crippen LogP contribution in [0.15, 0.2) is 66.9 Å². The fourth-order valence-corrected chi connectivity index (χ4v) is 2.36. The second-order valence-corrected chi connectivity index (χ2v) is 5.82. The summed E-state index contributed by atoms with van der Waals surface area (Å²) in [7, 11) is 0. The molecule has 24 heavy (non-hydrogen) atoms. The zero-order valence-electron chi connectivity index (χ0n) is 13.1. The SMILES string of the molecule is Cc1ccc(Nc2ccc(C(=O)Nc3cccc(Cl)c3)nc2)cc1. The lowest BCUT2D eigenvalue weighted by Crippen LogP contribution is -2.13. The van der Waals surface area contributed by atoms with Crippen LogP contribution in [0.1, 0.15) is 16.1 Å². The highest BCUT2D eigenvalue weighted by molar-refractivity contribution is 6.30. The third-order valence-electron chi connectivity index (χ3n) is 3.42. The van der Waals surface area contributed by atoms with E-state index in [1.54, 1.807) is 36.5 Å². The van der Waals surface area contributed by atoms with Crippen LogP contribution in [0.3, 0.4) is 0 Å². The number of nitrogens with zero attached hydrogens (tertiary/aromatic N) is 1. The van der Waals surface area contributed by atoms with E-state index in [0.29, 0.717) is 16.4 Å². The molecule has 0 aliphatic rings. The van der Waals surface area contributed by atoms with Crippen molar-refractivity contribution in [1.82, 2.24) is 4.98 Å². The summed E-state index contributed by atoms with van der Waals surface area (Å²) >= 11 is 5.91. The molecule has 120 valence electrons. The molecule has 0 saturated heterocycles. The number of pyridine rings is 1. The number of benzene rings is 2. The second kappa shape index (κ2) is 7.15. The van der Waals surface area contributed by atoms with Crippen LogP contribution in [-0.4, -0.2) is 10.9 Å². The Morgan fingerprint density at radius 3 is 2.38 bits per heavy atom. The maximum atomic E-state index is 12.2. The van der Waals surface area contributed by atoms with Crippen molar-refractivity contribution in [2.75, 3.05) is 10.6 Å². The molecule has 2 N–H and O–H groups in total. The summed E-state index contributed by atoms with van der Waals surface area (Å²) in [5.41, 5.74) is 3.96. The van der Waals surface area contributed by atoms with Crippen molar-refractivity contribution in [2.45, 2.75) is 6.92 Å². The second-order valence-electron chi connectivity index (χ2n) is 5.39. The Bertz CT molecular complexity index is 845. The standard InChI is InChI=1S/C19H16ClN3O/c1-13-5-7-15(8-6-13)22-17-9-10-18(21-12-17)19(24)23-16-4-2-3-14(20)11-16/h2-12,22H,1H3,(H,23,24). The van der Waals surface area contributed by atoms with Gasteiger partial charge in [-0.05, 0) is 49.4 Å². The van der Waals surface area contributed by atoms with Crippen LogP contribution in [0.2, 0.25) is 5.02 Å². The monoisotopic (exact) mass is 337 g/mol. The summed E-state index contributed by atoms with van der Waals surface area (Å²) in [6.45, 7) is 2.04. The van der Waals surface area contributed by atoms with Gasteiger partial charge in [-0.2, -0.15) is 0 Å². The fourth-order valence-electron chi connectivity index (χ4n) is 2.17. The predicted octanol–water partition coefficient (Wildman–Crippen LogP) is 5.04. The number of carbonyl (C=O) groups is 1. The van der Waals surface area contributed by atoms with Gasteiger partial charge in [0.25, 0.3) is 5.91 Å². The van der Waals surface area contributed by atoms with Gasteiger partial charge in [-0.15, -0.1) is 0 Å². The van der Waals surface area contributed by atoms with Crippen LogP contribution in [0.5, 0.6) is 0 Å². The molecular weight excluding hydrogens is 322 g/mol. The first-order valence-corrected chi connectivity index (χ1v) is 7.84. The van der Waals surface area contributed by atoms with E-state index in [-0.39, 0.29) is 5.91 Å². The summed E-state index contributed by atoms with van der Waals surface area (Å²) in [4.78, 5) is 16.4. The van der Waals surface area contributed by atoms with Gasteiger partial charge in [0.2, 0.25) is 0 Å². The van der Waals surface area contributed by atoms with Gasteiger partial charge in [-0.1, -0.05) is 35.4 Å². The van der Waals surface area contributed by atoms with Gasteiger partial charge < -0.3 is 10.6 Å². The van der Waals surface area contributed by atoms with Crippen molar-refractivity contribution in [1.29, 1.82) is 0 Å². The number of halogens is 1. The van der Waals surface area contributed by atoms with E-state index in [4.69, 9.17) is 11.6 Å². The first-order chi connectivity index (χ1) is 11.6. The number of aryl methyl sites for hydroxylation is 1. The summed E-state index contributed by atoms with van der Waals surface area (Å²) in [5, 5.41) is 6.58. The molecule has 0 fully saturated rings. The summed E-state index contributed by atoms with van der Waals surface area (Å²) < 4.78 is 0. The average molecular weight is 338 g/mol. The molecule has 3 aromatic rings. The number of hydrogen-bond donors (Lipinski definition) is 2. The van der Waals surface area contributed by atoms with Crippen molar-refractivity contribution >= 4 is 34.6 Å². The molecule has 2 aromatic carbocycles. The van der Waals surface area contributed by atoms with E-state index < -0.39 is 0 Å². The Hall–Kier alpha value is -2.85. The van der Waals surface area contributed by atoms with Crippen molar-refractivity contribution in [3.05, 3.63) is 83.1 Å². The minimum Gasteiger partial charge on any atom is -0.354 e. The highest BCUT2D eigenvalue weighted by atomic mass is 35.5. The van der Waals surface area contributed by atoms with Gasteiger partial charge >= 0.3 is 0 Å². The molecule has 4 nitrogen and oxygen atoms in total. The minimum atomic E-state index is -0.279. The number of amides is 1.